The van der Waals surface area contributed by atoms with Gasteiger partial charge in [-0.15, -0.1) is 0 Å². The Hall–Kier alpha value is -1.59. The molecule has 0 amide bonds. The molecule has 0 aliphatic carbocycles. The van der Waals surface area contributed by atoms with Gasteiger partial charge in [-0.25, -0.2) is 0 Å². The van der Waals surface area contributed by atoms with Crippen LogP contribution in [0.2, 0.25) is 0 Å². The summed E-state index contributed by atoms with van der Waals surface area (Å²) in [4.78, 5) is 37.8. The van der Waals surface area contributed by atoms with E-state index >= 15 is 0 Å². The summed E-state index contributed by atoms with van der Waals surface area (Å²) >= 11 is 0. The zero-order chi connectivity index (χ0) is 41.3. The lowest BCUT2D eigenvalue weighted by Gasteiger charge is -2.18. The van der Waals surface area contributed by atoms with Gasteiger partial charge in [0, 0.05) is 19.3 Å². The third-order valence-electron chi connectivity index (χ3n) is 11.5. The summed E-state index contributed by atoms with van der Waals surface area (Å²) in [7, 11) is 0. The number of hydrogen-bond donors (Lipinski definition) is 0. The van der Waals surface area contributed by atoms with Crippen LogP contribution in [0.3, 0.4) is 0 Å². The van der Waals surface area contributed by atoms with E-state index in [1.165, 1.54) is 148 Å². The fourth-order valence-corrected chi connectivity index (χ4v) is 7.38. The van der Waals surface area contributed by atoms with Gasteiger partial charge >= 0.3 is 17.9 Å². The van der Waals surface area contributed by atoms with Gasteiger partial charge in [0.2, 0.25) is 0 Å². The van der Waals surface area contributed by atoms with Gasteiger partial charge in [0.05, 0.1) is 0 Å². The Morgan fingerprint density at radius 2 is 0.625 bits per heavy atom. The van der Waals surface area contributed by atoms with Crippen molar-refractivity contribution in [2.45, 2.75) is 272 Å². The van der Waals surface area contributed by atoms with Gasteiger partial charge in [0.25, 0.3) is 0 Å². The second kappa shape index (κ2) is 41.6. The van der Waals surface area contributed by atoms with Gasteiger partial charge < -0.3 is 14.2 Å². The van der Waals surface area contributed by atoms with E-state index in [0.29, 0.717) is 19.3 Å². The van der Waals surface area contributed by atoms with Crippen molar-refractivity contribution in [1.29, 1.82) is 0 Å². The van der Waals surface area contributed by atoms with Crippen LogP contribution in [0.1, 0.15) is 266 Å². The molecular formula is C50H96O6. The van der Waals surface area contributed by atoms with E-state index in [2.05, 4.69) is 41.5 Å². The quantitative estimate of drug-likeness (QED) is 0.0348. The zero-order valence-corrected chi connectivity index (χ0v) is 38.4. The normalized spacial score (nSPS) is 12.6. The Balaban J connectivity index is 4.32. The third-order valence-corrected chi connectivity index (χ3v) is 11.5. The van der Waals surface area contributed by atoms with E-state index in [9.17, 15) is 14.4 Å². The SMILES string of the molecule is CCC(C)CCCCCCCCCCC(=O)OC[C@@H](COC(=O)CCCCCCCCCCCCCCC(C)C)OC(=O)CCCCCCCCCCC(C)C. The second-order valence-corrected chi connectivity index (χ2v) is 18.3. The molecule has 332 valence electrons. The molecule has 0 heterocycles. The Morgan fingerprint density at radius 1 is 0.357 bits per heavy atom. The van der Waals surface area contributed by atoms with Crippen molar-refractivity contribution in [2.24, 2.45) is 17.8 Å². The molecule has 6 nitrogen and oxygen atoms in total. The summed E-state index contributed by atoms with van der Waals surface area (Å²) in [6, 6.07) is 0. The fourth-order valence-electron chi connectivity index (χ4n) is 7.38. The van der Waals surface area contributed by atoms with E-state index in [0.717, 1.165) is 75.5 Å². The van der Waals surface area contributed by atoms with Crippen LogP contribution in [0.4, 0.5) is 0 Å². The molecule has 0 rings (SSSR count). The molecule has 0 aliphatic heterocycles. The van der Waals surface area contributed by atoms with Crippen molar-refractivity contribution < 1.29 is 28.6 Å². The van der Waals surface area contributed by atoms with E-state index < -0.39 is 6.10 Å². The van der Waals surface area contributed by atoms with Crippen molar-refractivity contribution in [3.8, 4) is 0 Å². The minimum Gasteiger partial charge on any atom is -0.462 e. The molecule has 0 spiro atoms. The maximum atomic E-state index is 12.7. The van der Waals surface area contributed by atoms with Crippen LogP contribution >= 0.6 is 0 Å². The lowest BCUT2D eigenvalue weighted by atomic mass is 9.99. The first-order chi connectivity index (χ1) is 27.1. The third kappa shape index (κ3) is 42.0. The Bertz CT molecular complexity index is 870. The van der Waals surface area contributed by atoms with Crippen molar-refractivity contribution in [2.75, 3.05) is 13.2 Å². The first kappa shape index (κ1) is 54.4. The highest BCUT2D eigenvalue weighted by molar-refractivity contribution is 5.71. The molecule has 56 heavy (non-hydrogen) atoms. The van der Waals surface area contributed by atoms with Crippen LogP contribution in [0.25, 0.3) is 0 Å². The van der Waals surface area contributed by atoms with Crippen LogP contribution in [-0.4, -0.2) is 37.2 Å². The molecule has 2 atom stereocenters. The van der Waals surface area contributed by atoms with Gasteiger partial charge in [-0.2, -0.15) is 0 Å². The molecule has 1 unspecified atom stereocenters. The molecule has 0 aromatic heterocycles. The summed E-state index contributed by atoms with van der Waals surface area (Å²) in [5, 5.41) is 0. The molecule has 0 aromatic carbocycles. The smallest absolute Gasteiger partial charge is 0.306 e. The van der Waals surface area contributed by atoms with Crippen LogP contribution in [0.5, 0.6) is 0 Å². The van der Waals surface area contributed by atoms with Crippen LogP contribution in [0.15, 0.2) is 0 Å². The number of ether oxygens (including phenoxy) is 3. The minimum atomic E-state index is -0.762. The molecule has 0 saturated heterocycles. The number of unbranched alkanes of at least 4 members (excludes halogenated alkanes) is 25. The molecule has 0 bridgehead atoms. The maximum absolute atomic E-state index is 12.7. The van der Waals surface area contributed by atoms with Crippen molar-refractivity contribution in [1.82, 2.24) is 0 Å². The average molecular weight is 793 g/mol. The van der Waals surface area contributed by atoms with E-state index in [1.807, 2.05) is 0 Å². The Morgan fingerprint density at radius 3 is 0.929 bits per heavy atom. The monoisotopic (exact) mass is 793 g/mol. The Labute approximate surface area is 348 Å². The number of esters is 3. The minimum absolute atomic E-state index is 0.0657. The molecule has 0 fully saturated rings. The van der Waals surface area contributed by atoms with Gasteiger partial charge in [-0.1, -0.05) is 228 Å². The summed E-state index contributed by atoms with van der Waals surface area (Å²) in [5.41, 5.74) is 0. The van der Waals surface area contributed by atoms with Gasteiger partial charge in [-0.3, -0.25) is 14.4 Å². The number of hydrogen-bond acceptors (Lipinski definition) is 6. The van der Waals surface area contributed by atoms with Crippen molar-refractivity contribution in [3.05, 3.63) is 0 Å². The molecule has 0 N–H and O–H groups in total. The van der Waals surface area contributed by atoms with E-state index in [1.54, 1.807) is 0 Å². The second-order valence-electron chi connectivity index (χ2n) is 18.3. The molecule has 0 radical (unpaired) electrons. The lowest BCUT2D eigenvalue weighted by molar-refractivity contribution is -0.167. The van der Waals surface area contributed by atoms with Gasteiger partial charge in [0.15, 0.2) is 6.10 Å². The van der Waals surface area contributed by atoms with Crippen molar-refractivity contribution >= 4 is 17.9 Å². The van der Waals surface area contributed by atoms with E-state index in [-0.39, 0.29) is 31.1 Å². The first-order valence-corrected chi connectivity index (χ1v) is 24.6. The zero-order valence-electron chi connectivity index (χ0n) is 38.4. The number of carbonyl (C=O) groups excluding carboxylic acids is 3. The topological polar surface area (TPSA) is 78.9 Å². The van der Waals surface area contributed by atoms with Crippen LogP contribution in [-0.2, 0) is 28.6 Å². The molecule has 0 aromatic rings. The van der Waals surface area contributed by atoms with Gasteiger partial charge in [-0.05, 0) is 37.0 Å². The summed E-state index contributed by atoms with van der Waals surface area (Å²) in [5.74, 6) is 1.62. The standard InChI is InChI=1S/C50H96O6/c1-7-46(6)38-32-26-20-15-17-22-28-34-40-49(52)55-43-47(56-50(53)41-35-29-23-16-14-19-25-31-37-45(4)5)42-54-48(51)39-33-27-21-13-11-9-8-10-12-18-24-30-36-44(2)3/h44-47H,7-43H2,1-6H3/t46?,47-/m1/s1. The summed E-state index contributed by atoms with van der Waals surface area (Å²) in [6.07, 6.45) is 39.4. The predicted octanol–water partition coefficient (Wildman–Crippen LogP) is 15.6. The summed E-state index contributed by atoms with van der Waals surface area (Å²) in [6.45, 7) is 13.7. The number of carbonyl (C=O) groups is 3. The highest BCUT2D eigenvalue weighted by Gasteiger charge is 2.19. The van der Waals surface area contributed by atoms with Gasteiger partial charge in [0.1, 0.15) is 13.2 Å². The highest BCUT2D eigenvalue weighted by Crippen LogP contribution is 2.18. The first-order valence-electron chi connectivity index (χ1n) is 24.6. The lowest BCUT2D eigenvalue weighted by Crippen LogP contribution is -2.30. The summed E-state index contributed by atoms with van der Waals surface area (Å²) < 4.78 is 16.8. The largest absolute Gasteiger partial charge is 0.462 e. The van der Waals surface area contributed by atoms with E-state index in [4.69, 9.17) is 14.2 Å². The highest BCUT2D eigenvalue weighted by atomic mass is 16.6. The molecule has 0 aliphatic rings. The molecular weight excluding hydrogens is 697 g/mol. The Kier molecular flexibility index (Phi) is 40.4. The van der Waals surface area contributed by atoms with Crippen LogP contribution in [0, 0.1) is 17.8 Å². The molecule has 0 saturated carbocycles. The molecule has 6 heteroatoms. The number of rotatable bonds is 43. The predicted molar refractivity (Wildman–Crippen MR) is 238 cm³/mol. The fraction of sp³-hybridized carbons (Fsp3) is 0.940. The maximum Gasteiger partial charge on any atom is 0.306 e. The average Bonchev–Trinajstić information content (AvgIpc) is 3.16. The van der Waals surface area contributed by atoms with Crippen LogP contribution < -0.4 is 0 Å². The van der Waals surface area contributed by atoms with Crippen molar-refractivity contribution in [3.63, 3.8) is 0 Å².